The third-order valence-corrected chi connectivity index (χ3v) is 3.86. The van der Waals surface area contributed by atoms with Crippen LogP contribution in [0.4, 0.5) is 5.69 Å². The first kappa shape index (κ1) is 19.5. The van der Waals surface area contributed by atoms with E-state index in [0.29, 0.717) is 17.9 Å². The van der Waals surface area contributed by atoms with Crippen molar-refractivity contribution in [2.75, 3.05) is 18.5 Å². The molecule has 5 nitrogen and oxygen atoms in total. The predicted molar refractivity (Wildman–Crippen MR) is 102 cm³/mol. The average Bonchev–Trinajstić information content (AvgIpc) is 2.67. The fourth-order valence-corrected chi connectivity index (χ4v) is 2.37. The largest absolute Gasteiger partial charge is 0.494 e. The number of hydrogen-bond donors (Lipinski definition) is 1. The topological polar surface area (TPSA) is 64.6 Å². The molecule has 26 heavy (non-hydrogen) atoms. The molecule has 0 unspecified atom stereocenters. The number of hydrogen-bond acceptors (Lipinski definition) is 4. The van der Waals surface area contributed by atoms with Crippen LogP contribution < -0.4 is 10.1 Å². The minimum atomic E-state index is -0.538. The fraction of sp³-hybridized carbons (Fsp3) is 0.333. The SMILES string of the molecule is CCCCOc1ccc(C(=O)OCC(=O)Nc2ccccc2CC)cc1. The molecule has 1 amide bonds. The highest BCUT2D eigenvalue weighted by Gasteiger charge is 2.11. The second-order valence-corrected chi connectivity index (χ2v) is 5.86. The second-order valence-electron chi connectivity index (χ2n) is 5.86. The van der Waals surface area contributed by atoms with E-state index in [9.17, 15) is 9.59 Å². The molecule has 2 aromatic carbocycles. The van der Waals surface area contributed by atoms with Gasteiger partial charge in [-0.2, -0.15) is 0 Å². The van der Waals surface area contributed by atoms with E-state index in [2.05, 4.69) is 12.2 Å². The number of anilines is 1. The molecule has 0 aliphatic carbocycles. The average molecular weight is 355 g/mol. The van der Waals surface area contributed by atoms with Gasteiger partial charge in [0, 0.05) is 5.69 Å². The minimum absolute atomic E-state index is 0.328. The molecule has 138 valence electrons. The second kappa shape index (κ2) is 10.2. The lowest BCUT2D eigenvalue weighted by molar-refractivity contribution is -0.119. The zero-order valence-corrected chi connectivity index (χ0v) is 15.3. The highest BCUT2D eigenvalue weighted by Crippen LogP contribution is 2.16. The maximum atomic E-state index is 12.1. The number of carbonyl (C=O) groups excluding carboxylic acids is 2. The van der Waals surface area contributed by atoms with Gasteiger partial charge >= 0.3 is 5.97 Å². The first-order valence-electron chi connectivity index (χ1n) is 8.91. The molecular formula is C21H25NO4. The predicted octanol–water partition coefficient (Wildman–Crippen LogP) is 4.22. The van der Waals surface area contributed by atoms with Crippen LogP contribution >= 0.6 is 0 Å². The van der Waals surface area contributed by atoms with Crippen molar-refractivity contribution in [2.24, 2.45) is 0 Å². The number of nitrogens with one attached hydrogen (secondary N) is 1. The van der Waals surface area contributed by atoms with Crippen LogP contribution in [0.3, 0.4) is 0 Å². The van der Waals surface area contributed by atoms with Gasteiger partial charge in [-0.05, 0) is 48.7 Å². The molecule has 0 spiro atoms. The Labute approximate surface area is 154 Å². The van der Waals surface area contributed by atoms with E-state index < -0.39 is 5.97 Å². The molecule has 0 bridgehead atoms. The Morgan fingerprint density at radius 1 is 1.00 bits per heavy atom. The molecule has 0 aromatic heterocycles. The summed E-state index contributed by atoms with van der Waals surface area (Å²) in [7, 11) is 0. The third-order valence-electron chi connectivity index (χ3n) is 3.86. The quantitative estimate of drug-likeness (QED) is 0.540. The van der Waals surface area contributed by atoms with Gasteiger partial charge in [-0.1, -0.05) is 38.5 Å². The van der Waals surface area contributed by atoms with Crippen LogP contribution in [0.1, 0.15) is 42.6 Å². The van der Waals surface area contributed by atoms with Crippen molar-refractivity contribution in [1.82, 2.24) is 0 Å². The molecule has 1 N–H and O–H groups in total. The monoisotopic (exact) mass is 355 g/mol. The molecule has 0 saturated carbocycles. The van der Waals surface area contributed by atoms with Crippen molar-refractivity contribution in [1.29, 1.82) is 0 Å². The maximum absolute atomic E-state index is 12.1. The molecular weight excluding hydrogens is 330 g/mol. The van der Waals surface area contributed by atoms with Crippen molar-refractivity contribution >= 4 is 17.6 Å². The van der Waals surface area contributed by atoms with Gasteiger partial charge in [0.05, 0.1) is 12.2 Å². The molecule has 5 heteroatoms. The summed E-state index contributed by atoms with van der Waals surface area (Å²) >= 11 is 0. The van der Waals surface area contributed by atoms with Crippen LogP contribution in [-0.4, -0.2) is 25.1 Å². The van der Waals surface area contributed by atoms with Crippen LogP contribution in [-0.2, 0) is 16.0 Å². The van der Waals surface area contributed by atoms with Gasteiger partial charge in [-0.3, -0.25) is 4.79 Å². The smallest absolute Gasteiger partial charge is 0.338 e. The number of unbranched alkanes of at least 4 members (excludes halogenated alkanes) is 1. The number of aryl methyl sites for hydroxylation is 1. The summed E-state index contributed by atoms with van der Waals surface area (Å²) in [5.41, 5.74) is 2.16. The van der Waals surface area contributed by atoms with Gasteiger partial charge in [0.25, 0.3) is 5.91 Å². The van der Waals surface area contributed by atoms with Crippen LogP contribution in [0.15, 0.2) is 48.5 Å². The van der Waals surface area contributed by atoms with Crippen LogP contribution in [0.25, 0.3) is 0 Å². The Bertz CT molecular complexity index is 725. The minimum Gasteiger partial charge on any atom is -0.494 e. The summed E-state index contributed by atoms with van der Waals surface area (Å²) in [6.07, 6.45) is 2.86. The van der Waals surface area contributed by atoms with E-state index >= 15 is 0 Å². The summed E-state index contributed by atoms with van der Waals surface area (Å²) in [6, 6.07) is 14.3. The Hall–Kier alpha value is -2.82. The summed E-state index contributed by atoms with van der Waals surface area (Å²) < 4.78 is 10.6. The number of ether oxygens (including phenoxy) is 2. The Morgan fingerprint density at radius 2 is 1.73 bits per heavy atom. The highest BCUT2D eigenvalue weighted by molar-refractivity contribution is 5.95. The summed E-state index contributed by atoms with van der Waals surface area (Å²) in [4.78, 5) is 24.1. The van der Waals surface area contributed by atoms with E-state index in [-0.39, 0.29) is 12.5 Å². The van der Waals surface area contributed by atoms with E-state index in [1.807, 2.05) is 31.2 Å². The number of benzene rings is 2. The summed E-state index contributed by atoms with van der Waals surface area (Å²) in [5.74, 6) is -0.188. The van der Waals surface area contributed by atoms with Crippen molar-refractivity contribution in [2.45, 2.75) is 33.1 Å². The zero-order valence-electron chi connectivity index (χ0n) is 15.3. The Morgan fingerprint density at radius 3 is 2.42 bits per heavy atom. The lowest BCUT2D eigenvalue weighted by Gasteiger charge is -2.10. The molecule has 2 aromatic rings. The molecule has 2 rings (SSSR count). The number of esters is 1. The fourth-order valence-electron chi connectivity index (χ4n) is 2.37. The standard InChI is InChI=1S/C21H25NO4/c1-3-5-14-25-18-12-10-17(11-13-18)21(24)26-15-20(23)22-19-9-7-6-8-16(19)4-2/h6-13H,3-5,14-15H2,1-2H3,(H,22,23). The Kier molecular flexibility index (Phi) is 7.68. The number of rotatable bonds is 9. The number of para-hydroxylation sites is 1. The molecule has 0 aliphatic heterocycles. The van der Waals surface area contributed by atoms with Crippen molar-refractivity contribution in [3.05, 3.63) is 59.7 Å². The van der Waals surface area contributed by atoms with Gasteiger partial charge in [0.2, 0.25) is 0 Å². The van der Waals surface area contributed by atoms with Gasteiger partial charge in [0.15, 0.2) is 6.61 Å². The molecule has 0 saturated heterocycles. The van der Waals surface area contributed by atoms with E-state index in [1.54, 1.807) is 24.3 Å². The first-order chi connectivity index (χ1) is 12.6. The van der Waals surface area contributed by atoms with Gasteiger partial charge in [0.1, 0.15) is 5.75 Å². The molecule has 0 heterocycles. The van der Waals surface area contributed by atoms with Crippen molar-refractivity contribution in [3.63, 3.8) is 0 Å². The van der Waals surface area contributed by atoms with Crippen LogP contribution in [0, 0.1) is 0 Å². The van der Waals surface area contributed by atoms with Crippen LogP contribution in [0.2, 0.25) is 0 Å². The van der Waals surface area contributed by atoms with E-state index in [0.717, 1.165) is 30.5 Å². The lowest BCUT2D eigenvalue weighted by atomic mass is 10.1. The van der Waals surface area contributed by atoms with Crippen molar-refractivity contribution in [3.8, 4) is 5.75 Å². The molecule has 0 fully saturated rings. The maximum Gasteiger partial charge on any atom is 0.338 e. The first-order valence-corrected chi connectivity index (χ1v) is 8.91. The Balaban J connectivity index is 1.83. The van der Waals surface area contributed by atoms with Gasteiger partial charge in [-0.15, -0.1) is 0 Å². The van der Waals surface area contributed by atoms with Crippen molar-refractivity contribution < 1.29 is 19.1 Å². The number of carbonyl (C=O) groups is 2. The van der Waals surface area contributed by atoms with Crippen LogP contribution in [0.5, 0.6) is 5.75 Å². The normalized spacial score (nSPS) is 10.2. The summed E-state index contributed by atoms with van der Waals surface area (Å²) in [5, 5.41) is 2.77. The highest BCUT2D eigenvalue weighted by atomic mass is 16.5. The summed E-state index contributed by atoms with van der Waals surface area (Å²) in [6.45, 7) is 4.44. The number of amides is 1. The van der Waals surface area contributed by atoms with E-state index in [1.165, 1.54) is 0 Å². The zero-order chi connectivity index (χ0) is 18.8. The third kappa shape index (κ3) is 5.92. The molecule has 0 radical (unpaired) electrons. The van der Waals surface area contributed by atoms with Gasteiger partial charge in [-0.25, -0.2) is 4.79 Å². The van der Waals surface area contributed by atoms with Gasteiger partial charge < -0.3 is 14.8 Å². The lowest BCUT2D eigenvalue weighted by Crippen LogP contribution is -2.21. The van der Waals surface area contributed by atoms with E-state index in [4.69, 9.17) is 9.47 Å². The molecule has 0 atom stereocenters. The molecule has 0 aliphatic rings.